The van der Waals surface area contributed by atoms with E-state index in [9.17, 15) is 4.39 Å². The zero-order valence-corrected chi connectivity index (χ0v) is 23.2. The largest absolute Gasteiger partial charge is 0.501 e. The van der Waals surface area contributed by atoms with Crippen molar-refractivity contribution in [3.05, 3.63) is 0 Å². The molecule has 194 valence electrons. The normalized spacial score (nSPS) is 13.0. The van der Waals surface area contributed by atoms with Gasteiger partial charge >= 0.3 is 8.80 Å². The molecule has 0 bridgehead atoms. The molecule has 1 atom stereocenters. The summed E-state index contributed by atoms with van der Waals surface area (Å²) in [5.41, 5.74) is 0. The van der Waals surface area contributed by atoms with Crippen molar-refractivity contribution in [3.63, 3.8) is 0 Å². The monoisotopic (exact) mass is 476 g/mol. The van der Waals surface area contributed by atoms with Gasteiger partial charge < -0.3 is 13.3 Å². The van der Waals surface area contributed by atoms with Gasteiger partial charge in [0.05, 0.1) is 6.67 Å². The summed E-state index contributed by atoms with van der Waals surface area (Å²) >= 11 is 0. The molecular formula is C27H57FO3Si. The Morgan fingerprint density at radius 2 is 1.03 bits per heavy atom. The second-order valence-electron chi connectivity index (χ2n) is 9.36. The number of unbranched alkanes of at least 4 members (excludes halogenated alkanes) is 15. The van der Waals surface area contributed by atoms with Gasteiger partial charge in [-0.3, -0.25) is 4.39 Å². The van der Waals surface area contributed by atoms with Crippen LogP contribution in [0.2, 0.25) is 6.04 Å². The van der Waals surface area contributed by atoms with Gasteiger partial charge in [-0.2, -0.15) is 0 Å². The highest BCUT2D eigenvalue weighted by Gasteiger charge is 2.41. The van der Waals surface area contributed by atoms with E-state index in [4.69, 9.17) is 13.3 Å². The molecule has 0 saturated heterocycles. The van der Waals surface area contributed by atoms with Crippen LogP contribution >= 0.6 is 0 Å². The van der Waals surface area contributed by atoms with E-state index in [2.05, 4.69) is 13.8 Å². The lowest BCUT2D eigenvalue weighted by atomic mass is 10.0. The lowest BCUT2D eigenvalue weighted by Crippen LogP contribution is -2.48. The summed E-state index contributed by atoms with van der Waals surface area (Å²) in [7, 11) is -2.59. The minimum atomic E-state index is -2.59. The number of hydrogen-bond donors (Lipinski definition) is 0. The molecule has 0 amide bonds. The zero-order valence-electron chi connectivity index (χ0n) is 22.2. The third-order valence-corrected chi connectivity index (χ3v) is 9.37. The molecule has 0 radical (unpaired) electrons. The molecule has 0 aliphatic rings. The van der Waals surface area contributed by atoms with Gasteiger partial charge in [0.25, 0.3) is 0 Å². The summed E-state index contributed by atoms with van der Waals surface area (Å²) in [5, 5.41) is 0. The van der Waals surface area contributed by atoms with Crippen LogP contribution in [0.1, 0.15) is 143 Å². The molecule has 0 aromatic heterocycles. The minimum absolute atomic E-state index is 0.185. The Hall–Kier alpha value is 0.0269. The molecule has 0 fully saturated rings. The van der Waals surface area contributed by atoms with Gasteiger partial charge in [-0.15, -0.1) is 0 Å². The molecule has 5 heteroatoms. The predicted molar refractivity (Wildman–Crippen MR) is 139 cm³/mol. The Bertz CT molecular complexity index is 365. The van der Waals surface area contributed by atoms with Crippen molar-refractivity contribution < 1.29 is 17.7 Å². The molecule has 1 unspecified atom stereocenters. The highest BCUT2D eigenvalue weighted by molar-refractivity contribution is 6.60. The summed E-state index contributed by atoms with van der Waals surface area (Å²) in [6.45, 7) is 9.65. The van der Waals surface area contributed by atoms with Crippen molar-refractivity contribution in [1.82, 2.24) is 0 Å². The maximum atomic E-state index is 12.2. The molecular weight excluding hydrogens is 419 g/mol. The van der Waals surface area contributed by atoms with E-state index < -0.39 is 8.80 Å². The summed E-state index contributed by atoms with van der Waals surface area (Å²) in [6.07, 6.45) is 22.6. The Balaban J connectivity index is 4.04. The first-order chi connectivity index (χ1) is 15.6. The topological polar surface area (TPSA) is 27.7 Å². The highest BCUT2D eigenvalue weighted by atomic mass is 28.4. The van der Waals surface area contributed by atoms with Crippen LogP contribution in [0.4, 0.5) is 4.39 Å². The minimum Gasteiger partial charge on any atom is -0.374 e. The SMILES string of the molecule is CCCCCCCCCCCCCC(C)O[Si](CCCCCCCCF)(OCC)OCC. The Kier molecular flexibility index (Phi) is 24.2. The number of rotatable bonds is 26. The Labute approximate surface area is 201 Å². The van der Waals surface area contributed by atoms with Crippen LogP contribution in [-0.2, 0) is 13.3 Å². The number of hydrogen-bond acceptors (Lipinski definition) is 3. The predicted octanol–water partition coefficient (Wildman–Crippen LogP) is 9.41. The second-order valence-corrected chi connectivity index (χ2v) is 12.0. The van der Waals surface area contributed by atoms with Crippen LogP contribution in [0.15, 0.2) is 0 Å². The second kappa shape index (κ2) is 24.2. The molecule has 0 spiro atoms. The molecule has 0 aliphatic carbocycles. The maximum Gasteiger partial charge on any atom is 0.501 e. The van der Waals surface area contributed by atoms with Crippen LogP contribution in [0.5, 0.6) is 0 Å². The first kappa shape index (κ1) is 32.0. The lowest BCUT2D eigenvalue weighted by Gasteiger charge is -2.32. The van der Waals surface area contributed by atoms with Gasteiger partial charge in [0.1, 0.15) is 0 Å². The third kappa shape index (κ3) is 19.5. The average molecular weight is 477 g/mol. The summed E-state index contributed by atoms with van der Waals surface area (Å²) in [4.78, 5) is 0. The maximum absolute atomic E-state index is 12.2. The Morgan fingerprint density at radius 1 is 0.594 bits per heavy atom. The van der Waals surface area contributed by atoms with E-state index in [1.807, 2.05) is 13.8 Å². The van der Waals surface area contributed by atoms with Gasteiger partial charge in [-0.25, -0.2) is 0 Å². The summed E-state index contributed by atoms with van der Waals surface area (Å²) < 4.78 is 31.0. The van der Waals surface area contributed by atoms with Crippen molar-refractivity contribution in [2.75, 3.05) is 19.9 Å². The first-order valence-corrected chi connectivity index (χ1v) is 16.1. The van der Waals surface area contributed by atoms with Crippen LogP contribution in [-0.4, -0.2) is 34.8 Å². The van der Waals surface area contributed by atoms with E-state index in [0.717, 1.165) is 44.6 Å². The first-order valence-electron chi connectivity index (χ1n) is 14.2. The van der Waals surface area contributed by atoms with Crippen molar-refractivity contribution >= 4 is 8.80 Å². The molecule has 0 rings (SSSR count). The highest BCUT2D eigenvalue weighted by Crippen LogP contribution is 2.24. The average Bonchev–Trinajstić information content (AvgIpc) is 2.77. The van der Waals surface area contributed by atoms with Gasteiger partial charge in [0.2, 0.25) is 0 Å². The Morgan fingerprint density at radius 3 is 1.50 bits per heavy atom. The van der Waals surface area contributed by atoms with Crippen LogP contribution in [0.3, 0.4) is 0 Å². The van der Waals surface area contributed by atoms with E-state index in [1.54, 1.807) is 0 Å². The van der Waals surface area contributed by atoms with Gasteiger partial charge in [-0.1, -0.05) is 103 Å². The van der Waals surface area contributed by atoms with E-state index in [1.165, 1.54) is 70.6 Å². The summed E-state index contributed by atoms with van der Waals surface area (Å²) in [5.74, 6) is 0. The van der Waals surface area contributed by atoms with Crippen LogP contribution < -0.4 is 0 Å². The van der Waals surface area contributed by atoms with Gasteiger partial charge in [0.15, 0.2) is 0 Å². The van der Waals surface area contributed by atoms with Crippen LogP contribution in [0, 0.1) is 0 Å². The fraction of sp³-hybridized carbons (Fsp3) is 1.00. The fourth-order valence-electron chi connectivity index (χ4n) is 4.36. The summed E-state index contributed by atoms with van der Waals surface area (Å²) in [6, 6.07) is 0.903. The molecule has 0 aliphatic heterocycles. The van der Waals surface area contributed by atoms with Crippen molar-refractivity contribution in [2.45, 2.75) is 155 Å². The van der Waals surface area contributed by atoms with Gasteiger partial charge in [-0.05, 0) is 40.0 Å². The molecule has 0 N–H and O–H groups in total. The molecule has 0 aromatic rings. The van der Waals surface area contributed by atoms with E-state index >= 15 is 0 Å². The van der Waals surface area contributed by atoms with Crippen molar-refractivity contribution in [3.8, 4) is 0 Å². The van der Waals surface area contributed by atoms with Crippen molar-refractivity contribution in [2.24, 2.45) is 0 Å². The third-order valence-electron chi connectivity index (χ3n) is 6.19. The molecule has 0 aromatic carbocycles. The molecule has 0 saturated carbocycles. The quantitative estimate of drug-likeness (QED) is 0.0919. The smallest absolute Gasteiger partial charge is 0.374 e. The lowest BCUT2D eigenvalue weighted by molar-refractivity contribution is 0.0342. The standard InChI is InChI=1S/C27H57FO3Si/c1-5-8-9-10-11-12-13-14-15-18-21-24-27(4)31-32(29-6-2,30-7-3)26-23-20-17-16-19-22-25-28/h27H,5-26H2,1-4H3. The zero-order chi connectivity index (χ0) is 23.8. The molecule has 3 nitrogen and oxygen atoms in total. The fourth-order valence-corrected chi connectivity index (χ4v) is 7.28. The number of halogens is 1. The van der Waals surface area contributed by atoms with Gasteiger partial charge in [0, 0.05) is 25.4 Å². The van der Waals surface area contributed by atoms with E-state index in [-0.39, 0.29) is 12.8 Å². The molecule has 0 heterocycles. The number of alkyl halides is 1. The molecule has 32 heavy (non-hydrogen) atoms. The van der Waals surface area contributed by atoms with Crippen molar-refractivity contribution in [1.29, 1.82) is 0 Å². The van der Waals surface area contributed by atoms with Crippen LogP contribution in [0.25, 0.3) is 0 Å². The van der Waals surface area contributed by atoms with E-state index in [0.29, 0.717) is 19.6 Å².